The molecule has 0 saturated heterocycles. The second-order valence-electron chi connectivity index (χ2n) is 5.77. The Morgan fingerprint density at radius 3 is 2.28 bits per heavy atom. The first-order valence-corrected chi connectivity index (χ1v) is 7.97. The highest BCUT2D eigenvalue weighted by atomic mass is 16.3. The van der Waals surface area contributed by atoms with E-state index in [0.29, 0.717) is 11.1 Å². The molecule has 0 heterocycles. The Morgan fingerprint density at radius 1 is 1.12 bits per heavy atom. The second-order valence-corrected chi connectivity index (χ2v) is 5.77. The predicted octanol–water partition coefficient (Wildman–Crippen LogP) is 3.04. The SMILES string of the molecule is CNC(=O)/C(C(=N)c1ccccc1)=C(/O)CC(O)c1ccc(C)cc1. The van der Waals surface area contributed by atoms with Crippen molar-refractivity contribution in [3.8, 4) is 0 Å². The molecule has 130 valence electrons. The van der Waals surface area contributed by atoms with E-state index in [1.165, 1.54) is 7.05 Å². The van der Waals surface area contributed by atoms with Crippen molar-refractivity contribution in [2.24, 2.45) is 0 Å². The number of nitrogens with one attached hydrogen (secondary N) is 2. The Kier molecular flexibility index (Phi) is 6.08. The number of likely N-dealkylation sites (N-methyl/N-ethyl adjacent to an activating group) is 1. The van der Waals surface area contributed by atoms with Crippen molar-refractivity contribution in [3.05, 3.63) is 82.6 Å². The molecule has 0 bridgehead atoms. The van der Waals surface area contributed by atoms with Gasteiger partial charge >= 0.3 is 0 Å². The first-order chi connectivity index (χ1) is 11.9. The second kappa shape index (κ2) is 8.26. The van der Waals surface area contributed by atoms with E-state index in [1.807, 2.05) is 19.1 Å². The fourth-order valence-electron chi connectivity index (χ4n) is 2.45. The predicted molar refractivity (Wildman–Crippen MR) is 97.7 cm³/mol. The average Bonchev–Trinajstić information content (AvgIpc) is 2.62. The molecule has 2 aromatic rings. The van der Waals surface area contributed by atoms with Gasteiger partial charge in [-0.3, -0.25) is 10.2 Å². The number of benzene rings is 2. The smallest absolute Gasteiger partial charge is 0.256 e. The maximum Gasteiger partial charge on any atom is 0.256 e. The topological polar surface area (TPSA) is 93.4 Å². The lowest BCUT2D eigenvalue weighted by atomic mass is 9.97. The van der Waals surface area contributed by atoms with Crippen LogP contribution in [0.15, 0.2) is 65.9 Å². The molecule has 0 aliphatic heterocycles. The van der Waals surface area contributed by atoms with Crippen molar-refractivity contribution in [1.82, 2.24) is 5.32 Å². The molecular formula is C20H22N2O3. The molecule has 0 spiro atoms. The number of amides is 1. The van der Waals surface area contributed by atoms with E-state index in [2.05, 4.69) is 5.32 Å². The van der Waals surface area contributed by atoms with Gasteiger partial charge in [-0.15, -0.1) is 0 Å². The lowest BCUT2D eigenvalue weighted by Crippen LogP contribution is -2.27. The van der Waals surface area contributed by atoms with Crippen molar-refractivity contribution >= 4 is 11.6 Å². The van der Waals surface area contributed by atoms with Crippen LogP contribution in [0, 0.1) is 12.3 Å². The summed E-state index contributed by atoms with van der Waals surface area (Å²) in [4.78, 5) is 12.2. The number of aliphatic hydroxyl groups is 2. The Balaban J connectivity index is 2.32. The normalized spacial score (nSPS) is 12.9. The molecule has 2 rings (SSSR count). The van der Waals surface area contributed by atoms with Crippen LogP contribution in [-0.4, -0.2) is 28.9 Å². The average molecular weight is 338 g/mol. The fourth-order valence-corrected chi connectivity index (χ4v) is 2.45. The van der Waals surface area contributed by atoms with Gasteiger partial charge < -0.3 is 15.5 Å². The number of carbonyl (C=O) groups excluding carboxylic acids is 1. The third kappa shape index (κ3) is 4.55. The van der Waals surface area contributed by atoms with E-state index in [9.17, 15) is 15.0 Å². The van der Waals surface area contributed by atoms with Gasteiger partial charge in [0.1, 0.15) is 11.3 Å². The highest BCUT2D eigenvalue weighted by molar-refractivity contribution is 6.27. The van der Waals surface area contributed by atoms with Crippen LogP contribution in [0.1, 0.15) is 29.2 Å². The fraction of sp³-hybridized carbons (Fsp3) is 0.200. The Morgan fingerprint density at radius 2 is 1.72 bits per heavy atom. The zero-order valence-electron chi connectivity index (χ0n) is 14.3. The van der Waals surface area contributed by atoms with Crippen molar-refractivity contribution in [2.45, 2.75) is 19.4 Å². The van der Waals surface area contributed by atoms with Gasteiger partial charge in [0.15, 0.2) is 0 Å². The van der Waals surface area contributed by atoms with Gasteiger partial charge in [-0.2, -0.15) is 0 Å². The Hall–Kier alpha value is -2.92. The number of hydrogen-bond donors (Lipinski definition) is 4. The third-order valence-corrected chi connectivity index (χ3v) is 3.90. The van der Waals surface area contributed by atoms with E-state index in [4.69, 9.17) is 5.41 Å². The quantitative estimate of drug-likeness (QED) is 0.370. The largest absolute Gasteiger partial charge is 0.511 e. The molecule has 0 aliphatic rings. The molecule has 0 aromatic heterocycles. The van der Waals surface area contributed by atoms with E-state index in [0.717, 1.165) is 5.56 Å². The van der Waals surface area contributed by atoms with E-state index in [-0.39, 0.29) is 23.5 Å². The molecule has 0 aliphatic carbocycles. The summed E-state index contributed by atoms with van der Waals surface area (Å²) in [5.74, 6) is -0.885. The van der Waals surface area contributed by atoms with Crippen LogP contribution in [0.5, 0.6) is 0 Å². The molecule has 1 atom stereocenters. The standard InChI is InChI=1S/C20H22N2O3/c1-13-8-10-14(11-9-13)16(23)12-17(24)18(20(25)22-2)19(21)15-6-4-3-5-7-15/h3-11,16,21,23-24H,12H2,1-2H3,(H,22,25)/b18-17+,21-19?. The van der Waals surface area contributed by atoms with Crippen LogP contribution < -0.4 is 5.32 Å². The first kappa shape index (κ1) is 18.4. The summed E-state index contributed by atoms with van der Waals surface area (Å²) < 4.78 is 0. The Labute approximate surface area is 147 Å². The van der Waals surface area contributed by atoms with Gasteiger partial charge in [0.05, 0.1) is 11.8 Å². The minimum absolute atomic E-state index is 0.0893. The molecule has 1 amide bonds. The number of aryl methyl sites for hydroxylation is 1. The van der Waals surface area contributed by atoms with Gasteiger partial charge in [0.2, 0.25) is 0 Å². The lowest BCUT2D eigenvalue weighted by Gasteiger charge is -2.15. The maximum atomic E-state index is 12.2. The summed E-state index contributed by atoms with van der Waals surface area (Å²) in [6, 6.07) is 16.0. The minimum atomic E-state index is -0.969. The number of rotatable bonds is 6. The molecule has 0 radical (unpaired) electrons. The van der Waals surface area contributed by atoms with Crippen LogP contribution >= 0.6 is 0 Å². The minimum Gasteiger partial charge on any atom is -0.511 e. The van der Waals surface area contributed by atoms with Gasteiger partial charge in [0.25, 0.3) is 5.91 Å². The highest BCUT2D eigenvalue weighted by Gasteiger charge is 2.22. The first-order valence-electron chi connectivity index (χ1n) is 7.97. The van der Waals surface area contributed by atoms with Crippen LogP contribution in [0.2, 0.25) is 0 Å². The molecule has 25 heavy (non-hydrogen) atoms. The summed E-state index contributed by atoms with van der Waals surface area (Å²) >= 11 is 0. The van der Waals surface area contributed by atoms with E-state index in [1.54, 1.807) is 42.5 Å². The van der Waals surface area contributed by atoms with Crippen LogP contribution in [-0.2, 0) is 4.79 Å². The van der Waals surface area contributed by atoms with E-state index >= 15 is 0 Å². The van der Waals surface area contributed by atoms with Crippen LogP contribution in [0.3, 0.4) is 0 Å². The molecule has 5 nitrogen and oxygen atoms in total. The molecule has 5 heteroatoms. The van der Waals surface area contributed by atoms with Crippen molar-refractivity contribution in [3.63, 3.8) is 0 Å². The van der Waals surface area contributed by atoms with Crippen molar-refractivity contribution in [1.29, 1.82) is 5.41 Å². The van der Waals surface area contributed by atoms with Gasteiger partial charge in [-0.05, 0) is 12.5 Å². The van der Waals surface area contributed by atoms with Gasteiger partial charge in [0, 0.05) is 19.0 Å². The molecule has 0 saturated carbocycles. The summed E-state index contributed by atoms with van der Waals surface area (Å²) in [7, 11) is 1.43. The monoisotopic (exact) mass is 338 g/mol. The molecule has 1 unspecified atom stereocenters. The number of carbonyl (C=O) groups is 1. The summed E-state index contributed by atoms with van der Waals surface area (Å²) in [6.45, 7) is 1.94. The Bertz CT molecular complexity index is 780. The summed E-state index contributed by atoms with van der Waals surface area (Å²) in [6.07, 6.45) is -1.12. The van der Waals surface area contributed by atoms with Crippen molar-refractivity contribution in [2.75, 3.05) is 7.05 Å². The maximum absolute atomic E-state index is 12.2. The molecule has 0 fully saturated rings. The zero-order valence-corrected chi connectivity index (χ0v) is 14.3. The third-order valence-electron chi connectivity index (χ3n) is 3.90. The lowest BCUT2D eigenvalue weighted by molar-refractivity contribution is -0.116. The summed E-state index contributed by atoms with van der Waals surface area (Å²) in [5, 5.41) is 31.5. The molecule has 2 aromatic carbocycles. The molecule has 4 N–H and O–H groups in total. The van der Waals surface area contributed by atoms with Crippen LogP contribution in [0.4, 0.5) is 0 Å². The number of hydrogen-bond acceptors (Lipinski definition) is 4. The number of aliphatic hydroxyl groups excluding tert-OH is 2. The zero-order chi connectivity index (χ0) is 18.4. The van der Waals surface area contributed by atoms with Gasteiger partial charge in [-0.1, -0.05) is 60.2 Å². The highest BCUT2D eigenvalue weighted by Crippen LogP contribution is 2.23. The van der Waals surface area contributed by atoms with Gasteiger partial charge in [-0.25, -0.2) is 0 Å². The van der Waals surface area contributed by atoms with Crippen LogP contribution in [0.25, 0.3) is 0 Å². The molecular weight excluding hydrogens is 316 g/mol. The van der Waals surface area contributed by atoms with Crippen molar-refractivity contribution < 1.29 is 15.0 Å². The van der Waals surface area contributed by atoms with E-state index < -0.39 is 12.0 Å². The summed E-state index contributed by atoms with van der Waals surface area (Å²) in [5.41, 5.74) is 1.98.